The molecule has 0 spiro atoms. The van der Waals surface area contributed by atoms with Gasteiger partial charge in [-0.2, -0.15) is 0 Å². The molecule has 0 aromatic heterocycles. The van der Waals surface area contributed by atoms with Crippen LogP contribution in [0.15, 0.2) is 65.6 Å². The molecule has 1 atom stereocenters. The van der Waals surface area contributed by atoms with Crippen molar-refractivity contribution in [2.75, 3.05) is 0 Å². The Morgan fingerprint density at radius 1 is 0.833 bits per heavy atom. The van der Waals surface area contributed by atoms with E-state index in [4.69, 9.17) is 0 Å². The topological polar surface area (TPSA) is 34.1 Å². The number of benzene rings is 2. The molecule has 0 fully saturated rings. The maximum absolute atomic E-state index is 12.5. The lowest BCUT2D eigenvalue weighted by Gasteiger charge is -2.12. The normalized spacial score (nSPS) is 17.7. The molecule has 90 valence electrons. The maximum Gasteiger partial charge on any atom is 0.188 e. The fourth-order valence-corrected chi connectivity index (χ4v) is 3.91. The van der Waals surface area contributed by atoms with Crippen molar-refractivity contribution in [1.29, 1.82) is 0 Å². The minimum Gasteiger partial charge on any atom is -0.223 e. The third kappa shape index (κ3) is 1.68. The largest absolute Gasteiger partial charge is 0.223 e. The summed E-state index contributed by atoms with van der Waals surface area (Å²) < 4.78 is 25.1. The standard InChI is InChI=1S/C15H12O2S/c16-18(17,13-7-2-1-3-8-13)15-11-10-12-6-4-5-9-14(12)15/h1-11,15H. The third-order valence-electron chi connectivity index (χ3n) is 3.16. The van der Waals surface area contributed by atoms with Crippen LogP contribution in [0.25, 0.3) is 6.08 Å². The van der Waals surface area contributed by atoms with Crippen LogP contribution < -0.4 is 0 Å². The van der Waals surface area contributed by atoms with E-state index in [-0.39, 0.29) is 0 Å². The second kappa shape index (κ2) is 4.10. The summed E-state index contributed by atoms with van der Waals surface area (Å²) in [6.45, 7) is 0. The van der Waals surface area contributed by atoms with E-state index in [0.717, 1.165) is 11.1 Å². The van der Waals surface area contributed by atoms with E-state index < -0.39 is 15.1 Å². The lowest BCUT2D eigenvalue weighted by atomic mass is 10.1. The number of hydrogen-bond acceptors (Lipinski definition) is 2. The SMILES string of the molecule is O=S(=O)(c1ccccc1)C1C=Cc2ccccc21. The van der Waals surface area contributed by atoms with E-state index in [2.05, 4.69) is 0 Å². The molecule has 3 heteroatoms. The van der Waals surface area contributed by atoms with Crippen molar-refractivity contribution in [3.05, 3.63) is 71.8 Å². The van der Waals surface area contributed by atoms with E-state index in [0.29, 0.717) is 4.90 Å². The molecule has 2 aromatic carbocycles. The number of fused-ring (bicyclic) bond motifs is 1. The summed E-state index contributed by atoms with van der Waals surface area (Å²) in [7, 11) is -3.34. The monoisotopic (exact) mass is 256 g/mol. The van der Waals surface area contributed by atoms with Crippen LogP contribution in [0.3, 0.4) is 0 Å². The molecule has 0 saturated carbocycles. The van der Waals surface area contributed by atoms with Crippen LogP contribution in [0.4, 0.5) is 0 Å². The Labute approximate surface area is 107 Å². The molecule has 0 radical (unpaired) electrons. The molecule has 18 heavy (non-hydrogen) atoms. The number of hydrogen-bond donors (Lipinski definition) is 0. The van der Waals surface area contributed by atoms with Crippen LogP contribution in [0.2, 0.25) is 0 Å². The summed E-state index contributed by atoms with van der Waals surface area (Å²) >= 11 is 0. The lowest BCUT2D eigenvalue weighted by Crippen LogP contribution is -2.10. The van der Waals surface area contributed by atoms with E-state index in [1.165, 1.54) is 0 Å². The Morgan fingerprint density at radius 2 is 1.50 bits per heavy atom. The van der Waals surface area contributed by atoms with Gasteiger partial charge in [0.05, 0.1) is 4.90 Å². The van der Waals surface area contributed by atoms with E-state index >= 15 is 0 Å². The van der Waals surface area contributed by atoms with E-state index in [1.807, 2.05) is 36.4 Å². The number of sulfone groups is 1. The van der Waals surface area contributed by atoms with Gasteiger partial charge in [0.25, 0.3) is 0 Å². The van der Waals surface area contributed by atoms with E-state index in [1.54, 1.807) is 30.3 Å². The van der Waals surface area contributed by atoms with Crippen molar-refractivity contribution in [2.24, 2.45) is 0 Å². The van der Waals surface area contributed by atoms with Crippen molar-refractivity contribution in [3.63, 3.8) is 0 Å². The van der Waals surface area contributed by atoms with Crippen LogP contribution >= 0.6 is 0 Å². The smallest absolute Gasteiger partial charge is 0.188 e. The zero-order valence-corrected chi connectivity index (χ0v) is 10.5. The molecule has 0 aliphatic heterocycles. The van der Waals surface area contributed by atoms with Crippen molar-refractivity contribution >= 4 is 15.9 Å². The van der Waals surface area contributed by atoms with Gasteiger partial charge in [0, 0.05) is 0 Å². The van der Waals surface area contributed by atoms with Gasteiger partial charge in [-0.3, -0.25) is 0 Å². The Hall–Kier alpha value is -1.87. The molecule has 1 aliphatic rings. The Kier molecular flexibility index (Phi) is 2.56. The predicted molar refractivity (Wildman–Crippen MR) is 71.8 cm³/mol. The zero-order valence-electron chi connectivity index (χ0n) is 9.65. The fourth-order valence-electron chi connectivity index (χ4n) is 2.24. The summed E-state index contributed by atoms with van der Waals surface area (Å²) in [5.74, 6) is 0. The van der Waals surface area contributed by atoms with Crippen molar-refractivity contribution in [3.8, 4) is 0 Å². The minimum absolute atomic E-state index is 0.372. The van der Waals surface area contributed by atoms with Gasteiger partial charge < -0.3 is 0 Å². The summed E-state index contributed by atoms with van der Waals surface area (Å²) in [6, 6.07) is 16.2. The average molecular weight is 256 g/mol. The van der Waals surface area contributed by atoms with Gasteiger partial charge in [0.15, 0.2) is 9.84 Å². The number of rotatable bonds is 2. The summed E-state index contributed by atoms with van der Waals surface area (Å²) in [4.78, 5) is 0.372. The summed E-state index contributed by atoms with van der Waals surface area (Å²) in [6.07, 6.45) is 3.63. The van der Waals surface area contributed by atoms with Crippen molar-refractivity contribution < 1.29 is 8.42 Å². The van der Waals surface area contributed by atoms with Gasteiger partial charge in [-0.1, -0.05) is 54.6 Å². The lowest BCUT2D eigenvalue weighted by molar-refractivity contribution is 0.591. The van der Waals surface area contributed by atoms with Gasteiger partial charge in [-0.15, -0.1) is 0 Å². The quantitative estimate of drug-likeness (QED) is 0.826. The highest BCUT2D eigenvalue weighted by atomic mass is 32.2. The first-order valence-corrected chi connectivity index (χ1v) is 7.30. The molecule has 1 aliphatic carbocycles. The van der Waals surface area contributed by atoms with Gasteiger partial charge in [0.2, 0.25) is 0 Å². The summed E-state index contributed by atoms with van der Waals surface area (Å²) in [5, 5.41) is -0.559. The van der Waals surface area contributed by atoms with Gasteiger partial charge >= 0.3 is 0 Å². The van der Waals surface area contributed by atoms with Crippen LogP contribution in [0.1, 0.15) is 16.4 Å². The Balaban J connectivity index is 2.11. The second-order valence-electron chi connectivity index (χ2n) is 4.27. The Morgan fingerprint density at radius 3 is 2.28 bits per heavy atom. The molecule has 2 nitrogen and oxygen atoms in total. The average Bonchev–Trinajstić information content (AvgIpc) is 2.84. The molecule has 3 rings (SSSR count). The summed E-state index contributed by atoms with van der Waals surface area (Å²) in [5.41, 5.74) is 1.85. The highest BCUT2D eigenvalue weighted by Gasteiger charge is 2.30. The first-order chi connectivity index (χ1) is 8.69. The molecule has 2 aromatic rings. The van der Waals surface area contributed by atoms with Crippen molar-refractivity contribution in [2.45, 2.75) is 10.1 Å². The zero-order chi connectivity index (χ0) is 12.6. The maximum atomic E-state index is 12.5. The fraction of sp³-hybridized carbons (Fsp3) is 0.0667. The molecule has 0 saturated heterocycles. The molecular weight excluding hydrogens is 244 g/mol. The van der Waals surface area contributed by atoms with Crippen LogP contribution in [-0.4, -0.2) is 8.42 Å². The van der Waals surface area contributed by atoms with Crippen molar-refractivity contribution in [1.82, 2.24) is 0 Å². The first kappa shape index (κ1) is 11.2. The third-order valence-corrected chi connectivity index (χ3v) is 5.17. The van der Waals surface area contributed by atoms with Crippen LogP contribution in [0, 0.1) is 0 Å². The van der Waals surface area contributed by atoms with Gasteiger partial charge in [-0.25, -0.2) is 8.42 Å². The van der Waals surface area contributed by atoms with Gasteiger partial charge in [-0.05, 0) is 23.3 Å². The highest BCUT2D eigenvalue weighted by molar-refractivity contribution is 7.91. The molecule has 1 unspecified atom stereocenters. The molecular formula is C15H12O2S. The first-order valence-electron chi connectivity index (χ1n) is 5.76. The molecule has 0 heterocycles. The minimum atomic E-state index is -3.34. The predicted octanol–water partition coefficient (Wildman–Crippen LogP) is 3.23. The van der Waals surface area contributed by atoms with Crippen LogP contribution in [-0.2, 0) is 9.84 Å². The van der Waals surface area contributed by atoms with Gasteiger partial charge in [0.1, 0.15) is 5.25 Å². The highest BCUT2D eigenvalue weighted by Crippen LogP contribution is 2.37. The molecule has 0 N–H and O–H groups in total. The van der Waals surface area contributed by atoms with Crippen LogP contribution in [0.5, 0.6) is 0 Å². The Bertz CT molecular complexity index is 700. The molecule has 0 amide bonds. The molecule has 0 bridgehead atoms. The second-order valence-corrected chi connectivity index (χ2v) is 6.34. The van der Waals surface area contributed by atoms with E-state index in [9.17, 15) is 8.42 Å².